The predicted molar refractivity (Wildman–Crippen MR) is 101 cm³/mol. The molecule has 1 atom stereocenters. The third-order valence-corrected chi connectivity index (χ3v) is 4.17. The van der Waals surface area contributed by atoms with Gasteiger partial charge in [-0.25, -0.2) is 0 Å². The van der Waals surface area contributed by atoms with Crippen molar-refractivity contribution >= 4 is 17.7 Å². The fraction of sp³-hybridized carbons (Fsp3) is 0.611. The highest BCUT2D eigenvalue weighted by molar-refractivity contribution is 7.98. The largest absolute Gasteiger partial charge is 0.490 e. The molecule has 0 heterocycles. The number of thioether (sulfide) groups is 1. The number of aliphatic hydroxyl groups is 1. The molecule has 0 bridgehead atoms. The highest BCUT2D eigenvalue weighted by Crippen LogP contribution is 2.39. The van der Waals surface area contributed by atoms with E-state index < -0.39 is 5.60 Å². The van der Waals surface area contributed by atoms with Gasteiger partial charge >= 0.3 is 0 Å². The number of hydrogen-bond acceptors (Lipinski definition) is 6. The number of hydrogen-bond donors (Lipinski definition) is 2. The van der Waals surface area contributed by atoms with Crippen LogP contribution in [0.15, 0.2) is 12.1 Å². The van der Waals surface area contributed by atoms with Gasteiger partial charge in [0.2, 0.25) is 5.75 Å². The zero-order valence-corrected chi connectivity index (χ0v) is 16.5. The van der Waals surface area contributed by atoms with Crippen molar-refractivity contribution in [3.8, 4) is 17.2 Å². The average molecular weight is 371 g/mol. The first-order valence-electron chi connectivity index (χ1n) is 8.44. The summed E-state index contributed by atoms with van der Waals surface area (Å²) in [5, 5.41) is 13.0. The van der Waals surface area contributed by atoms with Gasteiger partial charge in [0.15, 0.2) is 11.5 Å². The van der Waals surface area contributed by atoms with Gasteiger partial charge in [-0.3, -0.25) is 4.79 Å². The minimum Gasteiger partial charge on any atom is -0.490 e. The third-order valence-electron chi connectivity index (χ3n) is 3.26. The van der Waals surface area contributed by atoms with Gasteiger partial charge in [-0.15, -0.1) is 0 Å². The number of carbonyl (C=O) groups is 1. The summed E-state index contributed by atoms with van der Waals surface area (Å²) in [5.74, 6) is 1.67. The third kappa shape index (κ3) is 6.66. The zero-order valence-electron chi connectivity index (χ0n) is 15.7. The Morgan fingerprint density at radius 3 is 2.08 bits per heavy atom. The van der Waals surface area contributed by atoms with Crippen LogP contribution >= 0.6 is 11.8 Å². The summed E-state index contributed by atoms with van der Waals surface area (Å²) in [4.78, 5) is 12.5. The van der Waals surface area contributed by atoms with Crippen LogP contribution in [0.2, 0.25) is 0 Å². The van der Waals surface area contributed by atoms with Crippen LogP contribution in [0.25, 0.3) is 0 Å². The number of rotatable bonds is 11. The molecule has 0 saturated heterocycles. The second-order valence-corrected chi connectivity index (χ2v) is 6.58. The van der Waals surface area contributed by atoms with Crippen LogP contribution in [-0.4, -0.2) is 55.0 Å². The minimum absolute atomic E-state index is 0.161. The molecule has 1 aromatic rings. The smallest absolute Gasteiger partial charge is 0.251 e. The van der Waals surface area contributed by atoms with Gasteiger partial charge in [0, 0.05) is 17.9 Å². The monoisotopic (exact) mass is 371 g/mol. The maximum absolute atomic E-state index is 12.5. The van der Waals surface area contributed by atoms with E-state index in [1.807, 2.05) is 27.0 Å². The lowest BCUT2D eigenvalue weighted by Gasteiger charge is -2.23. The standard InChI is InChI=1S/C18H29NO5S/c1-6-22-14-9-13(10-15(23-7-2)16(14)24-8-3)17(20)19-11-18(4,21)12-25-5/h9-10,21H,6-8,11-12H2,1-5H3,(H,19,20). The fourth-order valence-electron chi connectivity index (χ4n) is 2.25. The molecule has 25 heavy (non-hydrogen) atoms. The molecule has 0 aliphatic rings. The van der Waals surface area contributed by atoms with Crippen LogP contribution < -0.4 is 19.5 Å². The Hall–Kier alpha value is -1.60. The van der Waals surface area contributed by atoms with Crippen molar-refractivity contribution in [3.63, 3.8) is 0 Å². The summed E-state index contributed by atoms with van der Waals surface area (Å²) < 4.78 is 16.9. The van der Waals surface area contributed by atoms with Crippen molar-refractivity contribution in [2.24, 2.45) is 0 Å². The molecule has 7 heteroatoms. The molecular formula is C18H29NO5S. The van der Waals surface area contributed by atoms with Gasteiger partial charge in [0.25, 0.3) is 5.91 Å². The normalized spacial score (nSPS) is 13.0. The van der Waals surface area contributed by atoms with Crippen molar-refractivity contribution in [2.75, 3.05) is 38.4 Å². The maximum atomic E-state index is 12.5. The molecule has 142 valence electrons. The van der Waals surface area contributed by atoms with Crippen molar-refractivity contribution in [1.82, 2.24) is 5.32 Å². The lowest BCUT2D eigenvalue weighted by atomic mass is 10.1. The molecule has 6 nitrogen and oxygen atoms in total. The first-order chi connectivity index (χ1) is 11.9. The predicted octanol–water partition coefficient (Wildman–Crippen LogP) is 2.73. The van der Waals surface area contributed by atoms with E-state index >= 15 is 0 Å². The van der Waals surface area contributed by atoms with E-state index in [1.165, 1.54) is 11.8 Å². The number of nitrogens with one attached hydrogen (secondary N) is 1. The molecule has 1 aromatic carbocycles. The van der Waals surface area contributed by atoms with Gasteiger partial charge in [-0.05, 0) is 46.1 Å². The second-order valence-electron chi connectivity index (χ2n) is 5.71. The molecule has 2 N–H and O–H groups in total. The number of benzene rings is 1. The van der Waals surface area contributed by atoms with Gasteiger partial charge < -0.3 is 24.6 Å². The lowest BCUT2D eigenvalue weighted by Crippen LogP contribution is -2.42. The summed E-state index contributed by atoms with van der Waals surface area (Å²) >= 11 is 1.52. The molecule has 0 fully saturated rings. The molecule has 0 radical (unpaired) electrons. The summed E-state index contributed by atoms with van der Waals surface area (Å²) in [6.07, 6.45) is 1.91. The molecule has 1 unspecified atom stereocenters. The molecule has 1 rings (SSSR count). The first-order valence-corrected chi connectivity index (χ1v) is 9.83. The second kappa shape index (κ2) is 10.4. The molecule has 1 amide bonds. The fourth-order valence-corrected chi connectivity index (χ4v) is 2.98. The summed E-state index contributed by atoms with van der Waals surface area (Å²) in [5.41, 5.74) is -0.568. The van der Waals surface area contributed by atoms with E-state index in [-0.39, 0.29) is 12.5 Å². The maximum Gasteiger partial charge on any atom is 0.251 e. The summed E-state index contributed by atoms with van der Waals surface area (Å²) in [6, 6.07) is 3.27. The molecule has 0 aromatic heterocycles. The van der Waals surface area contributed by atoms with Gasteiger partial charge in [0.05, 0.1) is 25.4 Å². The Bertz CT molecular complexity index is 535. The average Bonchev–Trinajstić information content (AvgIpc) is 2.55. The quantitative estimate of drug-likeness (QED) is 0.623. The Kier molecular flexibility index (Phi) is 8.92. The van der Waals surface area contributed by atoms with Crippen LogP contribution in [0, 0.1) is 0 Å². The van der Waals surface area contributed by atoms with Crippen molar-refractivity contribution in [2.45, 2.75) is 33.3 Å². The highest BCUT2D eigenvalue weighted by atomic mass is 32.2. The Labute approximate surface area is 154 Å². The Balaban J connectivity index is 3.07. The lowest BCUT2D eigenvalue weighted by molar-refractivity contribution is 0.0724. The minimum atomic E-state index is -0.966. The van der Waals surface area contributed by atoms with Gasteiger partial charge in [-0.2, -0.15) is 11.8 Å². The van der Waals surface area contributed by atoms with Gasteiger partial charge in [-0.1, -0.05) is 0 Å². The van der Waals surface area contributed by atoms with E-state index in [2.05, 4.69) is 5.32 Å². The summed E-state index contributed by atoms with van der Waals surface area (Å²) in [6.45, 7) is 8.80. The van der Waals surface area contributed by atoms with Crippen molar-refractivity contribution < 1.29 is 24.1 Å². The van der Waals surface area contributed by atoms with E-state index in [0.717, 1.165) is 0 Å². The van der Waals surface area contributed by atoms with Crippen LogP contribution in [0.5, 0.6) is 17.2 Å². The van der Waals surface area contributed by atoms with E-state index in [1.54, 1.807) is 19.1 Å². The molecule has 0 aliphatic heterocycles. The van der Waals surface area contributed by atoms with Crippen LogP contribution in [0.1, 0.15) is 38.1 Å². The molecule has 0 spiro atoms. The molecule has 0 aliphatic carbocycles. The first kappa shape index (κ1) is 21.4. The van der Waals surface area contributed by atoms with Crippen LogP contribution in [0.4, 0.5) is 0 Å². The topological polar surface area (TPSA) is 77.0 Å². The van der Waals surface area contributed by atoms with E-state index in [9.17, 15) is 9.90 Å². The number of ether oxygens (including phenoxy) is 3. The van der Waals surface area contributed by atoms with E-state index in [0.29, 0.717) is 48.4 Å². The zero-order chi connectivity index (χ0) is 18.9. The Morgan fingerprint density at radius 2 is 1.64 bits per heavy atom. The van der Waals surface area contributed by atoms with Crippen LogP contribution in [0.3, 0.4) is 0 Å². The molecular weight excluding hydrogens is 342 g/mol. The number of carbonyl (C=O) groups excluding carboxylic acids is 1. The van der Waals surface area contributed by atoms with Crippen molar-refractivity contribution in [3.05, 3.63) is 17.7 Å². The molecule has 0 saturated carbocycles. The Morgan fingerprint density at radius 1 is 1.12 bits per heavy atom. The highest BCUT2D eigenvalue weighted by Gasteiger charge is 2.22. The van der Waals surface area contributed by atoms with Crippen LogP contribution in [-0.2, 0) is 0 Å². The van der Waals surface area contributed by atoms with Crippen molar-refractivity contribution in [1.29, 1.82) is 0 Å². The van der Waals surface area contributed by atoms with E-state index in [4.69, 9.17) is 14.2 Å². The summed E-state index contributed by atoms with van der Waals surface area (Å²) in [7, 11) is 0. The number of amides is 1. The SMILES string of the molecule is CCOc1cc(C(=O)NCC(C)(O)CSC)cc(OCC)c1OCC. The van der Waals surface area contributed by atoms with Gasteiger partial charge in [0.1, 0.15) is 0 Å².